The molecule has 1 aliphatic carbocycles. The molecule has 0 saturated heterocycles. The molecule has 3 nitrogen and oxygen atoms in total. The molecule has 3 heteroatoms. The largest absolute Gasteiger partial charge is 0.327 e. The van der Waals surface area contributed by atoms with Crippen LogP contribution in [-0.4, -0.2) is 15.8 Å². The second-order valence-electron chi connectivity index (χ2n) is 5.19. The first-order chi connectivity index (χ1) is 6.49. The summed E-state index contributed by atoms with van der Waals surface area (Å²) in [6.45, 7) is 4.58. The number of nitrogens with zero attached hydrogens (tertiary/aromatic N) is 2. The van der Waals surface area contributed by atoms with Gasteiger partial charge in [0, 0.05) is 19.3 Å². The van der Waals surface area contributed by atoms with E-state index in [4.69, 9.17) is 5.73 Å². The highest BCUT2D eigenvalue weighted by molar-refractivity contribution is 5.10. The lowest BCUT2D eigenvalue weighted by Gasteiger charge is -2.11. The highest BCUT2D eigenvalue weighted by atomic mass is 15.2. The Hall–Kier alpha value is -0.830. The van der Waals surface area contributed by atoms with Crippen molar-refractivity contribution in [2.24, 2.45) is 24.1 Å². The fraction of sp³-hybridized carbons (Fsp3) is 0.727. The minimum Gasteiger partial charge on any atom is -0.327 e. The van der Waals surface area contributed by atoms with Crippen LogP contribution in [0.5, 0.6) is 0 Å². The quantitative estimate of drug-likeness (QED) is 0.787. The third-order valence-corrected chi connectivity index (χ3v) is 3.34. The highest BCUT2D eigenvalue weighted by Crippen LogP contribution is 2.53. The lowest BCUT2D eigenvalue weighted by Crippen LogP contribution is -2.27. The first kappa shape index (κ1) is 9.71. The van der Waals surface area contributed by atoms with Gasteiger partial charge in [-0.05, 0) is 29.7 Å². The molecule has 2 N–H and O–H groups in total. The van der Waals surface area contributed by atoms with Crippen LogP contribution in [0.4, 0.5) is 0 Å². The van der Waals surface area contributed by atoms with Crippen LogP contribution >= 0.6 is 0 Å². The summed E-state index contributed by atoms with van der Waals surface area (Å²) in [5.41, 5.74) is 7.89. The number of hydrogen-bond acceptors (Lipinski definition) is 2. The molecule has 14 heavy (non-hydrogen) atoms. The van der Waals surface area contributed by atoms with Gasteiger partial charge in [0.1, 0.15) is 0 Å². The minimum atomic E-state index is 0.300. The average molecular weight is 193 g/mol. The molecule has 0 aromatic carbocycles. The molecule has 1 aromatic rings. The van der Waals surface area contributed by atoms with E-state index in [-0.39, 0.29) is 0 Å². The van der Waals surface area contributed by atoms with Gasteiger partial charge < -0.3 is 5.73 Å². The van der Waals surface area contributed by atoms with Crippen LogP contribution in [0.1, 0.15) is 25.8 Å². The lowest BCUT2D eigenvalue weighted by molar-refractivity contribution is 0.476. The summed E-state index contributed by atoms with van der Waals surface area (Å²) in [4.78, 5) is 0. The molecule has 78 valence electrons. The Morgan fingerprint density at radius 2 is 2.36 bits per heavy atom. The molecule has 0 radical (unpaired) electrons. The van der Waals surface area contributed by atoms with Gasteiger partial charge in [-0.3, -0.25) is 4.68 Å². The zero-order valence-corrected chi connectivity index (χ0v) is 9.20. The average Bonchev–Trinajstić information content (AvgIpc) is 2.51. The highest BCUT2D eigenvalue weighted by Gasteiger charge is 2.48. The van der Waals surface area contributed by atoms with Crippen molar-refractivity contribution in [3.8, 4) is 0 Å². The second-order valence-corrected chi connectivity index (χ2v) is 5.19. The molecular weight excluding hydrogens is 174 g/mol. The van der Waals surface area contributed by atoms with Gasteiger partial charge in [-0.15, -0.1) is 0 Å². The van der Waals surface area contributed by atoms with Crippen molar-refractivity contribution in [3.63, 3.8) is 0 Å². The Bertz CT molecular complexity index is 327. The molecule has 1 aliphatic rings. The van der Waals surface area contributed by atoms with Crippen LogP contribution in [0.15, 0.2) is 12.4 Å². The lowest BCUT2D eigenvalue weighted by atomic mass is 10.00. The molecule has 0 amide bonds. The summed E-state index contributed by atoms with van der Waals surface area (Å²) in [5, 5.41) is 4.15. The maximum Gasteiger partial charge on any atom is 0.0522 e. The van der Waals surface area contributed by atoms with Gasteiger partial charge >= 0.3 is 0 Å². The molecule has 1 heterocycles. The third-order valence-electron chi connectivity index (χ3n) is 3.34. The van der Waals surface area contributed by atoms with E-state index >= 15 is 0 Å². The maximum absolute atomic E-state index is 6.16. The zero-order valence-electron chi connectivity index (χ0n) is 9.20. The van der Waals surface area contributed by atoms with Gasteiger partial charge in [0.15, 0.2) is 0 Å². The van der Waals surface area contributed by atoms with Gasteiger partial charge in [-0.1, -0.05) is 13.8 Å². The standard InChI is InChI=1S/C11H19N3/c1-11(2)5-9(11)10(12)4-8-6-13-14(3)7-8/h6-7,9-10H,4-5,12H2,1-3H3. The summed E-state index contributed by atoms with van der Waals surface area (Å²) in [7, 11) is 1.94. The summed E-state index contributed by atoms with van der Waals surface area (Å²) < 4.78 is 1.83. The molecule has 2 rings (SSSR count). The first-order valence-corrected chi connectivity index (χ1v) is 5.22. The van der Waals surface area contributed by atoms with Gasteiger partial charge in [-0.2, -0.15) is 5.10 Å². The molecule has 1 aromatic heterocycles. The first-order valence-electron chi connectivity index (χ1n) is 5.22. The van der Waals surface area contributed by atoms with Crippen LogP contribution in [0.3, 0.4) is 0 Å². The molecule has 0 aliphatic heterocycles. The Balaban J connectivity index is 1.93. The van der Waals surface area contributed by atoms with Crippen LogP contribution in [0.25, 0.3) is 0 Å². The second kappa shape index (κ2) is 3.09. The Morgan fingerprint density at radius 1 is 1.71 bits per heavy atom. The normalized spacial score (nSPS) is 26.1. The van der Waals surface area contributed by atoms with E-state index in [0.29, 0.717) is 17.4 Å². The van der Waals surface area contributed by atoms with Gasteiger partial charge in [0.2, 0.25) is 0 Å². The van der Waals surface area contributed by atoms with Crippen molar-refractivity contribution >= 4 is 0 Å². The van der Waals surface area contributed by atoms with Crippen LogP contribution in [0.2, 0.25) is 0 Å². The van der Waals surface area contributed by atoms with E-state index in [1.165, 1.54) is 12.0 Å². The van der Waals surface area contributed by atoms with Crippen LogP contribution < -0.4 is 5.73 Å². The maximum atomic E-state index is 6.16. The smallest absolute Gasteiger partial charge is 0.0522 e. The Labute approximate surface area is 85.3 Å². The van der Waals surface area contributed by atoms with Gasteiger partial charge in [0.05, 0.1) is 6.20 Å². The number of hydrogen-bond donors (Lipinski definition) is 1. The van der Waals surface area contributed by atoms with Gasteiger partial charge in [-0.25, -0.2) is 0 Å². The fourth-order valence-electron chi connectivity index (χ4n) is 2.23. The number of rotatable bonds is 3. The fourth-order valence-corrected chi connectivity index (χ4v) is 2.23. The zero-order chi connectivity index (χ0) is 10.3. The van der Waals surface area contributed by atoms with Crippen LogP contribution in [-0.2, 0) is 13.5 Å². The minimum absolute atomic E-state index is 0.300. The van der Waals surface area contributed by atoms with Crippen molar-refractivity contribution < 1.29 is 0 Å². The molecule has 1 fully saturated rings. The van der Waals surface area contributed by atoms with Crippen molar-refractivity contribution in [3.05, 3.63) is 18.0 Å². The van der Waals surface area contributed by atoms with Crippen LogP contribution in [0, 0.1) is 11.3 Å². The van der Waals surface area contributed by atoms with Crippen molar-refractivity contribution in [2.75, 3.05) is 0 Å². The molecule has 1 saturated carbocycles. The summed E-state index contributed by atoms with van der Waals surface area (Å²) in [6, 6.07) is 0.300. The van der Waals surface area contributed by atoms with Gasteiger partial charge in [0.25, 0.3) is 0 Å². The Kier molecular flexibility index (Phi) is 2.14. The predicted octanol–water partition coefficient (Wildman–Crippen LogP) is 1.34. The van der Waals surface area contributed by atoms with Crippen molar-refractivity contribution in [1.29, 1.82) is 0 Å². The SMILES string of the molecule is Cn1cc(CC(N)C2CC2(C)C)cn1. The van der Waals surface area contributed by atoms with E-state index < -0.39 is 0 Å². The number of aromatic nitrogens is 2. The molecular formula is C11H19N3. The monoisotopic (exact) mass is 193 g/mol. The molecule has 2 unspecified atom stereocenters. The topological polar surface area (TPSA) is 43.8 Å². The van der Waals surface area contributed by atoms with E-state index in [1.807, 2.05) is 17.9 Å². The van der Waals surface area contributed by atoms with E-state index in [9.17, 15) is 0 Å². The van der Waals surface area contributed by atoms with Crippen molar-refractivity contribution in [1.82, 2.24) is 9.78 Å². The predicted molar refractivity (Wildman–Crippen MR) is 56.8 cm³/mol. The summed E-state index contributed by atoms with van der Waals surface area (Å²) >= 11 is 0. The van der Waals surface area contributed by atoms with E-state index in [1.54, 1.807) is 0 Å². The number of nitrogens with two attached hydrogens (primary N) is 1. The summed E-state index contributed by atoms with van der Waals surface area (Å²) in [5.74, 6) is 0.697. The third kappa shape index (κ3) is 1.82. The Morgan fingerprint density at radius 3 is 2.79 bits per heavy atom. The molecule has 0 bridgehead atoms. The van der Waals surface area contributed by atoms with E-state index in [0.717, 1.165) is 6.42 Å². The van der Waals surface area contributed by atoms with E-state index in [2.05, 4.69) is 25.1 Å². The number of aryl methyl sites for hydroxylation is 1. The molecule has 2 atom stereocenters. The molecule has 0 spiro atoms. The van der Waals surface area contributed by atoms with Crippen molar-refractivity contribution in [2.45, 2.75) is 32.7 Å². The summed E-state index contributed by atoms with van der Waals surface area (Å²) in [6.07, 6.45) is 6.20.